The lowest BCUT2D eigenvalue weighted by Crippen LogP contribution is -2.55. The third-order valence-electron chi connectivity index (χ3n) is 4.32. The average Bonchev–Trinajstić information content (AvgIpc) is 3.02. The molecule has 1 atom stereocenters. The van der Waals surface area contributed by atoms with Crippen molar-refractivity contribution in [3.8, 4) is 6.07 Å². The van der Waals surface area contributed by atoms with Gasteiger partial charge >= 0.3 is 6.09 Å². The Balaban J connectivity index is 2.12. The van der Waals surface area contributed by atoms with Crippen LogP contribution in [0.25, 0.3) is 0 Å². The monoisotopic (exact) mass is 357 g/mol. The van der Waals surface area contributed by atoms with E-state index in [-0.39, 0.29) is 5.91 Å². The Morgan fingerprint density at radius 1 is 1.23 bits per heavy atom. The van der Waals surface area contributed by atoms with Crippen molar-refractivity contribution < 1.29 is 14.3 Å². The third-order valence-corrected chi connectivity index (χ3v) is 4.32. The summed E-state index contributed by atoms with van der Waals surface area (Å²) in [6.45, 7) is 5.30. The van der Waals surface area contributed by atoms with E-state index in [0.717, 1.165) is 18.4 Å². The lowest BCUT2D eigenvalue weighted by molar-refractivity contribution is -0.124. The normalized spacial score (nSPS) is 17.0. The molecule has 1 aliphatic rings. The number of benzene rings is 1. The number of nitrogens with one attached hydrogen (secondary N) is 2. The number of carbonyl (C=O) groups excluding carboxylic acids is 2. The van der Waals surface area contributed by atoms with E-state index in [0.29, 0.717) is 19.3 Å². The Morgan fingerprint density at radius 3 is 2.38 bits per heavy atom. The van der Waals surface area contributed by atoms with Gasteiger partial charge in [-0.1, -0.05) is 30.3 Å². The number of amides is 2. The molecule has 0 unspecified atom stereocenters. The fourth-order valence-electron chi connectivity index (χ4n) is 3.08. The average molecular weight is 357 g/mol. The lowest BCUT2D eigenvalue weighted by Gasteiger charge is -2.27. The Morgan fingerprint density at radius 2 is 1.85 bits per heavy atom. The number of hydrogen-bond donors (Lipinski definition) is 2. The van der Waals surface area contributed by atoms with Crippen LogP contribution < -0.4 is 10.6 Å². The molecule has 1 aromatic carbocycles. The maximum Gasteiger partial charge on any atom is 0.408 e. The van der Waals surface area contributed by atoms with E-state index < -0.39 is 23.3 Å². The molecule has 0 bridgehead atoms. The first-order chi connectivity index (χ1) is 12.2. The van der Waals surface area contributed by atoms with Crippen LogP contribution in [0.5, 0.6) is 0 Å². The van der Waals surface area contributed by atoms with Gasteiger partial charge in [-0.3, -0.25) is 4.79 Å². The molecule has 1 fully saturated rings. The van der Waals surface area contributed by atoms with Crippen LogP contribution in [0.4, 0.5) is 4.79 Å². The molecule has 0 saturated heterocycles. The van der Waals surface area contributed by atoms with Crippen LogP contribution in [0.2, 0.25) is 0 Å². The second-order valence-electron chi connectivity index (χ2n) is 7.78. The first-order valence-corrected chi connectivity index (χ1v) is 9.00. The third kappa shape index (κ3) is 5.76. The molecule has 0 heterocycles. The highest BCUT2D eigenvalue weighted by atomic mass is 16.6. The summed E-state index contributed by atoms with van der Waals surface area (Å²) < 4.78 is 5.28. The molecule has 6 heteroatoms. The number of ether oxygens (including phenoxy) is 1. The van der Waals surface area contributed by atoms with Crippen LogP contribution in [0.1, 0.15) is 52.0 Å². The van der Waals surface area contributed by atoms with Crippen molar-refractivity contribution in [1.29, 1.82) is 5.26 Å². The smallest absolute Gasteiger partial charge is 0.408 e. The van der Waals surface area contributed by atoms with Crippen LogP contribution in [-0.2, 0) is 16.0 Å². The number of nitriles is 1. The number of nitrogens with zero attached hydrogens (tertiary/aromatic N) is 1. The van der Waals surface area contributed by atoms with E-state index in [9.17, 15) is 14.9 Å². The van der Waals surface area contributed by atoms with E-state index in [1.165, 1.54) is 0 Å². The summed E-state index contributed by atoms with van der Waals surface area (Å²) in [6, 6.07) is 10.9. The van der Waals surface area contributed by atoms with Crippen LogP contribution >= 0.6 is 0 Å². The molecular weight excluding hydrogens is 330 g/mol. The zero-order chi connectivity index (χ0) is 19.2. The quantitative estimate of drug-likeness (QED) is 0.847. The van der Waals surface area contributed by atoms with Gasteiger partial charge in [0.15, 0.2) is 0 Å². The molecule has 140 valence electrons. The highest BCUT2D eigenvalue weighted by Crippen LogP contribution is 2.29. The largest absolute Gasteiger partial charge is 0.444 e. The SMILES string of the molecule is CC(C)(C)OC(=O)N[C@@H](Cc1ccccc1)C(=O)NC1(C#N)CCCC1. The Labute approximate surface area is 154 Å². The van der Waals surface area contributed by atoms with Crippen molar-refractivity contribution in [2.45, 2.75) is 70.1 Å². The van der Waals surface area contributed by atoms with Gasteiger partial charge < -0.3 is 15.4 Å². The topological polar surface area (TPSA) is 91.2 Å². The van der Waals surface area contributed by atoms with Gasteiger partial charge in [-0.15, -0.1) is 0 Å². The van der Waals surface area contributed by atoms with Gasteiger partial charge in [-0.2, -0.15) is 5.26 Å². The van der Waals surface area contributed by atoms with Gasteiger partial charge in [0.25, 0.3) is 0 Å². The second kappa shape index (κ2) is 8.22. The minimum Gasteiger partial charge on any atom is -0.444 e. The van der Waals surface area contributed by atoms with Gasteiger partial charge in [-0.05, 0) is 52.0 Å². The molecule has 2 amide bonds. The molecule has 0 spiro atoms. The standard InChI is InChI=1S/C20H27N3O3/c1-19(2,3)26-18(25)22-16(13-15-9-5-4-6-10-15)17(24)23-20(14-21)11-7-8-12-20/h4-6,9-10,16H,7-8,11-13H2,1-3H3,(H,22,25)(H,23,24)/t16-/m0/s1. The summed E-state index contributed by atoms with van der Waals surface area (Å²) in [7, 11) is 0. The summed E-state index contributed by atoms with van der Waals surface area (Å²) in [6.07, 6.45) is 2.78. The summed E-state index contributed by atoms with van der Waals surface area (Å²) in [4.78, 5) is 25.0. The first-order valence-electron chi connectivity index (χ1n) is 9.00. The second-order valence-corrected chi connectivity index (χ2v) is 7.78. The van der Waals surface area contributed by atoms with Gasteiger partial charge in [0.1, 0.15) is 17.2 Å². The summed E-state index contributed by atoms with van der Waals surface area (Å²) in [5.74, 6) is -0.358. The molecule has 0 aliphatic heterocycles. The molecule has 0 radical (unpaired) electrons. The molecular formula is C20H27N3O3. The zero-order valence-corrected chi connectivity index (χ0v) is 15.7. The summed E-state index contributed by atoms with van der Waals surface area (Å²) in [5.41, 5.74) is -0.570. The highest BCUT2D eigenvalue weighted by Gasteiger charge is 2.37. The maximum absolute atomic E-state index is 12.8. The summed E-state index contributed by atoms with van der Waals surface area (Å²) in [5, 5.41) is 15.0. The first kappa shape index (κ1) is 19.8. The number of alkyl carbamates (subject to hydrolysis) is 1. The zero-order valence-electron chi connectivity index (χ0n) is 15.7. The molecule has 1 aromatic rings. The lowest BCUT2D eigenvalue weighted by atomic mass is 9.98. The van der Waals surface area contributed by atoms with E-state index in [4.69, 9.17) is 4.74 Å². The molecule has 26 heavy (non-hydrogen) atoms. The predicted molar refractivity (Wildman–Crippen MR) is 98.3 cm³/mol. The van der Waals surface area contributed by atoms with E-state index in [1.807, 2.05) is 30.3 Å². The molecule has 2 rings (SSSR count). The van der Waals surface area contributed by atoms with E-state index in [2.05, 4.69) is 16.7 Å². The predicted octanol–water partition coefficient (Wildman–Crippen LogP) is 3.07. The summed E-state index contributed by atoms with van der Waals surface area (Å²) >= 11 is 0. The minimum absolute atomic E-state index is 0.327. The van der Waals surface area contributed by atoms with Gasteiger partial charge in [0.05, 0.1) is 6.07 Å². The Hall–Kier alpha value is -2.55. The van der Waals surface area contributed by atoms with Crippen molar-refractivity contribution in [1.82, 2.24) is 10.6 Å². The fourth-order valence-corrected chi connectivity index (χ4v) is 3.08. The highest BCUT2D eigenvalue weighted by molar-refractivity contribution is 5.86. The molecule has 1 aliphatic carbocycles. The molecule has 0 aromatic heterocycles. The molecule has 1 saturated carbocycles. The van der Waals surface area contributed by atoms with Gasteiger partial charge in [-0.25, -0.2) is 4.79 Å². The van der Waals surface area contributed by atoms with Crippen molar-refractivity contribution in [2.24, 2.45) is 0 Å². The minimum atomic E-state index is -0.832. The van der Waals surface area contributed by atoms with E-state index in [1.54, 1.807) is 20.8 Å². The van der Waals surface area contributed by atoms with Crippen LogP contribution in [0.3, 0.4) is 0 Å². The number of carbonyl (C=O) groups is 2. The van der Waals surface area contributed by atoms with Crippen molar-refractivity contribution in [2.75, 3.05) is 0 Å². The molecule has 6 nitrogen and oxygen atoms in total. The maximum atomic E-state index is 12.8. The van der Waals surface area contributed by atoms with E-state index >= 15 is 0 Å². The molecule has 2 N–H and O–H groups in total. The Bertz CT molecular complexity index is 668. The Kier molecular flexibility index (Phi) is 6.25. The fraction of sp³-hybridized carbons (Fsp3) is 0.550. The van der Waals surface area contributed by atoms with Crippen molar-refractivity contribution >= 4 is 12.0 Å². The van der Waals surface area contributed by atoms with Crippen molar-refractivity contribution in [3.05, 3.63) is 35.9 Å². The van der Waals surface area contributed by atoms with Crippen LogP contribution in [-0.4, -0.2) is 29.2 Å². The van der Waals surface area contributed by atoms with Crippen molar-refractivity contribution in [3.63, 3.8) is 0 Å². The van der Waals surface area contributed by atoms with Crippen LogP contribution in [0, 0.1) is 11.3 Å². The van der Waals surface area contributed by atoms with Gasteiger partial charge in [0, 0.05) is 6.42 Å². The number of rotatable bonds is 5. The van der Waals surface area contributed by atoms with Crippen LogP contribution in [0.15, 0.2) is 30.3 Å². The van der Waals surface area contributed by atoms with Gasteiger partial charge in [0.2, 0.25) is 5.91 Å². The number of hydrogen-bond acceptors (Lipinski definition) is 4.